The number of rotatable bonds is 3. The summed E-state index contributed by atoms with van der Waals surface area (Å²) in [6.45, 7) is 5.63. The van der Waals surface area contributed by atoms with E-state index in [2.05, 4.69) is 31.4 Å². The number of hydrogen-bond acceptors (Lipinski definition) is 3. The van der Waals surface area contributed by atoms with Crippen LogP contribution in [0.15, 0.2) is 16.9 Å². The van der Waals surface area contributed by atoms with Gasteiger partial charge in [0.2, 0.25) is 5.91 Å². The topological polar surface area (TPSA) is 64.7 Å². The SMILES string of the molecule is Cc1c(NC(=O)C(C)n2ncc(Br)c2C)cnn1C. The summed E-state index contributed by atoms with van der Waals surface area (Å²) in [7, 11) is 1.84. The molecular weight excluding hydrogens is 310 g/mol. The van der Waals surface area contributed by atoms with E-state index in [1.807, 2.05) is 27.8 Å². The molecule has 1 N–H and O–H groups in total. The van der Waals surface area contributed by atoms with Crippen LogP contribution in [0.2, 0.25) is 0 Å². The second-order valence-electron chi connectivity index (χ2n) is 4.45. The normalized spacial score (nSPS) is 12.5. The van der Waals surface area contributed by atoms with Crippen LogP contribution in [0, 0.1) is 13.8 Å². The number of halogens is 1. The monoisotopic (exact) mass is 325 g/mol. The minimum atomic E-state index is -0.383. The quantitative estimate of drug-likeness (QED) is 0.940. The van der Waals surface area contributed by atoms with Gasteiger partial charge in [0, 0.05) is 7.05 Å². The van der Waals surface area contributed by atoms with Crippen molar-refractivity contribution in [3.63, 3.8) is 0 Å². The first kappa shape index (κ1) is 13.8. The molecule has 2 aromatic heterocycles. The highest BCUT2D eigenvalue weighted by Crippen LogP contribution is 2.20. The summed E-state index contributed by atoms with van der Waals surface area (Å²) in [5, 5.41) is 11.2. The number of carbonyl (C=O) groups is 1. The Labute approximate surface area is 119 Å². The number of anilines is 1. The third kappa shape index (κ3) is 2.56. The van der Waals surface area contributed by atoms with E-state index in [1.54, 1.807) is 21.8 Å². The first-order valence-electron chi connectivity index (χ1n) is 5.91. The van der Waals surface area contributed by atoms with Crippen LogP contribution in [0.25, 0.3) is 0 Å². The highest BCUT2D eigenvalue weighted by molar-refractivity contribution is 9.10. The summed E-state index contributed by atoms with van der Waals surface area (Å²) in [6.07, 6.45) is 3.33. The maximum atomic E-state index is 12.2. The van der Waals surface area contributed by atoms with E-state index in [4.69, 9.17) is 0 Å². The lowest BCUT2D eigenvalue weighted by atomic mass is 10.3. The molecule has 1 atom stereocenters. The molecule has 102 valence electrons. The second-order valence-corrected chi connectivity index (χ2v) is 5.31. The van der Waals surface area contributed by atoms with Crippen molar-refractivity contribution in [1.82, 2.24) is 19.6 Å². The van der Waals surface area contributed by atoms with Gasteiger partial charge in [0.25, 0.3) is 0 Å². The maximum Gasteiger partial charge on any atom is 0.249 e. The molecule has 0 aromatic carbocycles. The molecule has 19 heavy (non-hydrogen) atoms. The molecule has 0 aliphatic carbocycles. The van der Waals surface area contributed by atoms with Gasteiger partial charge in [0.15, 0.2) is 0 Å². The first-order valence-corrected chi connectivity index (χ1v) is 6.70. The lowest BCUT2D eigenvalue weighted by Crippen LogP contribution is -2.25. The van der Waals surface area contributed by atoms with Crippen molar-refractivity contribution in [2.24, 2.45) is 7.05 Å². The van der Waals surface area contributed by atoms with Crippen LogP contribution in [-0.2, 0) is 11.8 Å². The molecule has 0 fully saturated rings. The smallest absolute Gasteiger partial charge is 0.249 e. The fraction of sp³-hybridized carbons (Fsp3) is 0.417. The van der Waals surface area contributed by atoms with E-state index in [1.165, 1.54) is 0 Å². The van der Waals surface area contributed by atoms with Gasteiger partial charge in [-0.25, -0.2) is 0 Å². The Hall–Kier alpha value is -1.63. The lowest BCUT2D eigenvalue weighted by Gasteiger charge is -2.14. The van der Waals surface area contributed by atoms with Crippen molar-refractivity contribution in [2.45, 2.75) is 26.8 Å². The van der Waals surface area contributed by atoms with Gasteiger partial charge < -0.3 is 5.32 Å². The summed E-state index contributed by atoms with van der Waals surface area (Å²) < 4.78 is 4.30. The molecular formula is C12H16BrN5O. The number of aromatic nitrogens is 4. The zero-order chi connectivity index (χ0) is 14.2. The molecule has 0 saturated carbocycles. The highest BCUT2D eigenvalue weighted by atomic mass is 79.9. The standard InChI is InChI=1S/C12H16BrN5O/c1-7-10(13)5-15-18(7)9(3)12(19)16-11-6-14-17(4)8(11)2/h5-6,9H,1-4H3,(H,16,19). The largest absolute Gasteiger partial charge is 0.321 e. The van der Waals surface area contributed by atoms with Crippen molar-refractivity contribution in [3.05, 3.63) is 28.3 Å². The van der Waals surface area contributed by atoms with E-state index in [0.29, 0.717) is 0 Å². The maximum absolute atomic E-state index is 12.2. The number of hydrogen-bond donors (Lipinski definition) is 1. The van der Waals surface area contributed by atoms with E-state index < -0.39 is 0 Å². The van der Waals surface area contributed by atoms with Crippen molar-refractivity contribution in [2.75, 3.05) is 5.32 Å². The highest BCUT2D eigenvalue weighted by Gasteiger charge is 2.19. The van der Waals surface area contributed by atoms with Crippen molar-refractivity contribution < 1.29 is 4.79 Å². The Morgan fingerprint density at radius 1 is 1.32 bits per heavy atom. The molecule has 0 spiro atoms. The molecule has 2 aromatic rings. The zero-order valence-corrected chi connectivity index (χ0v) is 12.9. The summed E-state index contributed by atoms with van der Waals surface area (Å²) in [6, 6.07) is -0.383. The summed E-state index contributed by atoms with van der Waals surface area (Å²) in [5.41, 5.74) is 2.56. The molecule has 1 unspecified atom stereocenters. The average molecular weight is 326 g/mol. The number of carbonyl (C=O) groups excluding carboxylic acids is 1. The van der Waals surface area contributed by atoms with E-state index in [0.717, 1.165) is 21.5 Å². The third-order valence-electron chi connectivity index (χ3n) is 3.22. The molecule has 2 heterocycles. The van der Waals surface area contributed by atoms with Crippen LogP contribution in [-0.4, -0.2) is 25.5 Å². The predicted molar refractivity (Wildman–Crippen MR) is 75.9 cm³/mol. The van der Waals surface area contributed by atoms with E-state index >= 15 is 0 Å². The van der Waals surface area contributed by atoms with Crippen LogP contribution in [0.1, 0.15) is 24.4 Å². The van der Waals surface area contributed by atoms with E-state index in [9.17, 15) is 4.79 Å². The molecule has 7 heteroatoms. The van der Waals surface area contributed by atoms with Crippen LogP contribution in [0.4, 0.5) is 5.69 Å². The Morgan fingerprint density at radius 2 is 2.00 bits per heavy atom. The summed E-state index contributed by atoms with van der Waals surface area (Å²) in [4.78, 5) is 12.2. The van der Waals surface area contributed by atoms with Crippen LogP contribution >= 0.6 is 15.9 Å². The van der Waals surface area contributed by atoms with Crippen LogP contribution in [0.5, 0.6) is 0 Å². The molecule has 0 aliphatic heterocycles. The van der Waals surface area contributed by atoms with Gasteiger partial charge in [0.1, 0.15) is 6.04 Å². The number of aryl methyl sites for hydroxylation is 1. The molecule has 0 bridgehead atoms. The first-order chi connectivity index (χ1) is 8.91. The van der Waals surface area contributed by atoms with E-state index in [-0.39, 0.29) is 11.9 Å². The zero-order valence-electron chi connectivity index (χ0n) is 11.3. The van der Waals surface area contributed by atoms with Gasteiger partial charge >= 0.3 is 0 Å². The minimum Gasteiger partial charge on any atom is -0.321 e. The molecule has 0 aliphatic rings. The molecule has 2 rings (SSSR count). The minimum absolute atomic E-state index is 0.116. The third-order valence-corrected chi connectivity index (χ3v) is 4.00. The number of nitrogens with zero attached hydrogens (tertiary/aromatic N) is 4. The van der Waals surface area contributed by atoms with Crippen molar-refractivity contribution >= 4 is 27.5 Å². The summed E-state index contributed by atoms with van der Waals surface area (Å²) >= 11 is 3.39. The van der Waals surface area contributed by atoms with Gasteiger partial charge in [-0.1, -0.05) is 0 Å². The average Bonchev–Trinajstić information content (AvgIpc) is 2.87. The van der Waals surface area contributed by atoms with Gasteiger partial charge in [-0.3, -0.25) is 14.2 Å². The number of nitrogens with one attached hydrogen (secondary N) is 1. The fourth-order valence-corrected chi connectivity index (χ4v) is 2.04. The van der Waals surface area contributed by atoms with Crippen molar-refractivity contribution in [1.29, 1.82) is 0 Å². The molecule has 6 nitrogen and oxygen atoms in total. The Morgan fingerprint density at radius 3 is 2.47 bits per heavy atom. The van der Waals surface area contributed by atoms with Crippen molar-refractivity contribution in [3.8, 4) is 0 Å². The number of amides is 1. The molecule has 0 radical (unpaired) electrons. The van der Waals surface area contributed by atoms with Crippen LogP contribution in [0.3, 0.4) is 0 Å². The van der Waals surface area contributed by atoms with Gasteiger partial charge in [-0.15, -0.1) is 0 Å². The lowest BCUT2D eigenvalue weighted by molar-refractivity contribution is -0.119. The predicted octanol–water partition coefficient (Wildman–Crippen LogP) is 2.20. The molecule has 1 amide bonds. The van der Waals surface area contributed by atoms with Crippen LogP contribution < -0.4 is 5.32 Å². The Balaban J connectivity index is 2.16. The summed E-state index contributed by atoms with van der Waals surface area (Å²) in [5.74, 6) is -0.116. The Bertz CT molecular complexity index is 616. The fourth-order valence-electron chi connectivity index (χ4n) is 1.76. The Kier molecular flexibility index (Phi) is 3.75. The molecule has 0 saturated heterocycles. The second kappa shape index (κ2) is 5.16. The van der Waals surface area contributed by atoms with Gasteiger partial charge in [0.05, 0.1) is 33.9 Å². The van der Waals surface area contributed by atoms with Gasteiger partial charge in [-0.2, -0.15) is 10.2 Å². The van der Waals surface area contributed by atoms with Gasteiger partial charge in [-0.05, 0) is 36.7 Å².